The Kier molecular flexibility index (Phi) is 33.4. The zero-order valence-corrected chi connectivity index (χ0v) is 32.5. The summed E-state index contributed by atoms with van der Waals surface area (Å²) in [6.45, 7) is 33.2. The van der Waals surface area contributed by atoms with Gasteiger partial charge in [0.15, 0.2) is 0 Å². The molecule has 0 spiro atoms. The fourth-order valence-corrected chi connectivity index (χ4v) is 4.00. The van der Waals surface area contributed by atoms with E-state index in [0.29, 0.717) is 36.3 Å². The fraction of sp³-hybridized carbons (Fsp3) is 0.844. The maximum Gasteiger partial charge on any atom is 4.00 e. The van der Waals surface area contributed by atoms with Crippen LogP contribution in [0.5, 0.6) is 0 Å². The van der Waals surface area contributed by atoms with Gasteiger partial charge in [-0.05, 0) is 0 Å². The van der Waals surface area contributed by atoms with E-state index in [-0.39, 0.29) is 25.8 Å². The molecule has 0 heterocycles. The van der Waals surface area contributed by atoms with Gasteiger partial charge >= 0.3 is 25.8 Å². The van der Waals surface area contributed by atoms with Crippen LogP contribution in [-0.2, 0) is 25.8 Å². The van der Waals surface area contributed by atoms with Crippen molar-refractivity contribution in [2.75, 3.05) is 0 Å². The van der Waals surface area contributed by atoms with E-state index in [2.05, 4.69) is 143 Å². The van der Waals surface area contributed by atoms with Crippen molar-refractivity contribution in [3.8, 4) is 0 Å². The van der Waals surface area contributed by atoms with Gasteiger partial charge in [-0.15, -0.1) is 36.3 Å². The van der Waals surface area contributed by atoms with Gasteiger partial charge in [-0.3, -0.25) is 0 Å². The second-order valence-electron chi connectivity index (χ2n) is 11.4. The molecule has 37 heavy (non-hydrogen) atoms. The molecule has 0 aliphatic carbocycles. The van der Waals surface area contributed by atoms with Crippen LogP contribution in [0, 0.1) is 0 Å². The average Bonchev–Trinajstić information content (AvgIpc) is 3.40. The van der Waals surface area contributed by atoms with Crippen molar-refractivity contribution in [3.05, 3.63) is 40.2 Å². The number of hydrogen-bond acceptors (Lipinski definition) is 0. The van der Waals surface area contributed by atoms with Crippen LogP contribution in [0.1, 0.15) is 122 Å². The predicted molar refractivity (Wildman–Crippen MR) is 174 cm³/mol. The molecule has 0 fully saturated rings. The standard InChI is InChI=1S/3C8H18N.C8H13Si.Hf/c3*1-5-7(3)9-8(4)6-2;1-9(2,3)8-6-4-5-7-8;/h3*7-8H,5-6H2,1-4H3;4-7H,1-3H3;/q4*-1;+4. The normalized spacial score (nSPS) is 15.5. The largest absolute Gasteiger partial charge is 4.00 e. The van der Waals surface area contributed by atoms with Crippen molar-refractivity contribution in [2.45, 2.75) is 178 Å². The third kappa shape index (κ3) is 30.7. The van der Waals surface area contributed by atoms with Crippen molar-refractivity contribution in [1.82, 2.24) is 0 Å². The second-order valence-corrected chi connectivity index (χ2v) is 16.5. The van der Waals surface area contributed by atoms with Crippen LogP contribution in [0.4, 0.5) is 0 Å². The molecule has 1 rings (SSSR count). The maximum atomic E-state index is 4.51. The van der Waals surface area contributed by atoms with Gasteiger partial charge in [0.25, 0.3) is 0 Å². The minimum Gasteiger partial charge on any atom is -0.657 e. The van der Waals surface area contributed by atoms with E-state index in [1.54, 1.807) is 5.19 Å². The maximum absolute atomic E-state index is 4.51. The quantitative estimate of drug-likeness (QED) is 0.145. The van der Waals surface area contributed by atoms with E-state index in [9.17, 15) is 0 Å². The third-order valence-corrected chi connectivity index (χ3v) is 8.67. The Labute approximate surface area is 255 Å². The molecule has 0 aromatic heterocycles. The van der Waals surface area contributed by atoms with Crippen LogP contribution in [0.25, 0.3) is 16.0 Å². The summed E-state index contributed by atoms with van der Waals surface area (Å²) in [5, 5.41) is 15.1. The summed E-state index contributed by atoms with van der Waals surface area (Å²) in [6.07, 6.45) is 7.03. The van der Waals surface area contributed by atoms with Gasteiger partial charge in [-0.2, -0.15) is 17.3 Å². The summed E-state index contributed by atoms with van der Waals surface area (Å²) in [5.74, 6) is 0. The van der Waals surface area contributed by atoms with Crippen molar-refractivity contribution >= 4 is 13.3 Å². The van der Waals surface area contributed by atoms with Gasteiger partial charge in [-0.1, -0.05) is 141 Å². The molecule has 0 aliphatic rings. The van der Waals surface area contributed by atoms with Crippen molar-refractivity contribution in [3.63, 3.8) is 0 Å². The van der Waals surface area contributed by atoms with Gasteiger partial charge in [0.2, 0.25) is 0 Å². The molecular formula is C32H67HfN3Si. The Hall–Kier alpha value is 0.317. The summed E-state index contributed by atoms with van der Waals surface area (Å²) < 4.78 is 0. The van der Waals surface area contributed by atoms with Crippen LogP contribution < -0.4 is 5.19 Å². The summed E-state index contributed by atoms with van der Waals surface area (Å²) in [6, 6.07) is 12.0. The molecule has 1 aromatic rings. The summed E-state index contributed by atoms with van der Waals surface area (Å²) in [4.78, 5) is 0. The molecule has 0 saturated heterocycles. The summed E-state index contributed by atoms with van der Waals surface area (Å²) in [7, 11) is -0.981. The van der Waals surface area contributed by atoms with E-state index in [1.807, 2.05) is 0 Å². The first-order valence-corrected chi connectivity index (χ1v) is 18.5. The Balaban J connectivity index is -0.000000194. The minimum absolute atomic E-state index is 0. The first kappa shape index (κ1) is 44.3. The van der Waals surface area contributed by atoms with Crippen LogP contribution in [0.15, 0.2) is 24.3 Å². The first-order valence-electron chi connectivity index (χ1n) is 15.0. The summed E-state index contributed by atoms with van der Waals surface area (Å²) in [5.41, 5.74) is 0. The number of rotatable bonds is 13. The minimum atomic E-state index is -0.981. The van der Waals surface area contributed by atoms with Gasteiger partial charge in [0, 0.05) is 8.07 Å². The van der Waals surface area contributed by atoms with Crippen molar-refractivity contribution < 1.29 is 25.8 Å². The molecule has 1 aromatic carbocycles. The molecule has 0 N–H and O–H groups in total. The van der Waals surface area contributed by atoms with Crippen molar-refractivity contribution in [1.29, 1.82) is 0 Å². The SMILES string of the molecule is CCC(C)[N-]C(C)CC.CCC(C)[N-]C(C)CC.CCC(C)[N-]C(C)CC.C[Si](C)(C)[c-]1cccc1.[Hf+4]. The average molecular weight is 700 g/mol. The molecule has 0 saturated carbocycles. The molecule has 6 atom stereocenters. The predicted octanol–water partition coefficient (Wildman–Crippen LogP) is 10.8. The molecule has 0 aliphatic heterocycles. The fourth-order valence-electron chi connectivity index (χ4n) is 2.81. The van der Waals surface area contributed by atoms with Crippen LogP contribution in [0.3, 0.4) is 0 Å². The van der Waals surface area contributed by atoms with Gasteiger partial charge in [0.1, 0.15) is 0 Å². The molecule has 0 amide bonds. The van der Waals surface area contributed by atoms with Crippen LogP contribution in [-0.4, -0.2) is 44.3 Å². The molecule has 218 valence electrons. The molecular weight excluding hydrogens is 633 g/mol. The molecule has 3 nitrogen and oxygen atoms in total. The van der Waals surface area contributed by atoms with Gasteiger partial charge in [-0.25, -0.2) is 12.1 Å². The van der Waals surface area contributed by atoms with Crippen LogP contribution in [0.2, 0.25) is 19.6 Å². The monoisotopic (exact) mass is 701 g/mol. The third-order valence-electron chi connectivity index (χ3n) is 6.60. The molecule has 6 unspecified atom stereocenters. The van der Waals surface area contributed by atoms with Crippen LogP contribution >= 0.6 is 0 Å². The zero-order valence-electron chi connectivity index (χ0n) is 27.9. The summed E-state index contributed by atoms with van der Waals surface area (Å²) >= 11 is 0. The molecule has 5 heteroatoms. The van der Waals surface area contributed by atoms with E-state index >= 15 is 0 Å². The molecule has 0 bridgehead atoms. The molecule has 0 radical (unpaired) electrons. The Bertz CT molecular complexity index is 478. The van der Waals surface area contributed by atoms with Gasteiger partial charge in [0.05, 0.1) is 0 Å². The Morgan fingerprint density at radius 2 is 0.676 bits per heavy atom. The second kappa shape index (κ2) is 27.9. The van der Waals surface area contributed by atoms with E-state index in [0.717, 1.165) is 0 Å². The number of hydrogen-bond donors (Lipinski definition) is 0. The first-order chi connectivity index (χ1) is 16.7. The van der Waals surface area contributed by atoms with Gasteiger partial charge < -0.3 is 16.0 Å². The Morgan fingerprint density at radius 1 is 0.486 bits per heavy atom. The number of nitrogens with zero attached hydrogens (tertiary/aromatic N) is 3. The topological polar surface area (TPSA) is 42.3 Å². The van der Waals surface area contributed by atoms with Crippen molar-refractivity contribution in [2.24, 2.45) is 0 Å². The van der Waals surface area contributed by atoms with E-state index < -0.39 is 8.07 Å². The Morgan fingerprint density at radius 3 is 0.784 bits per heavy atom. The smallest absolute Gasteiger partial charge is 0.657 e. The zero-order chi connectivity index (χ0) is 28.7. The van der Waals surface area contributed by atoms with E-state index in [4.69, 9.17) is 0 Å². The van der Waals surface area contributed by atoms with E-state index in [1.165, 1.54) is 38.5 Å².